The summed E-state index contributed by atoms with van der Waals surface area (Å²) < 4.78 is 39.4. The summed E-state index contributed by atoms with van der Waals surface area (Å²) in [7, 11) is -3.78. The summed E-state index contributed by atoms with van der Waals surface area (Å²) in [6.07, 6.45) is 0. The molecule has 0 amide bonds. The number of para-hydroxylation sites is 1. The molecular formula is C44H34Cl2O5S. The van der Waals surface area contributed by atoms with Crippen LogP contribution in [0.15, 0.2) is 186 Å². The Labute approximate surface area is 314 Å². The molecule has 0 bridgehead atoms. The summed E-state index contributed by atoms with van der Waals surface area (Å²) in [4.78, 5) is 0.366. The third kappa shape index (κ3) is 9.42. The van der Waals surface area contributed by atoms with Crippen LogP contribution >= 0.6 is 23.2 Å². The third-order valence-corrected chi connectivity index (χ3v) is 10.3. The molecule has 0 atom stereocenters. The number of phenolic OH excluding ortho intramolecular Hbond substituents is 1. The zero-order chi connectivity index (χ0) is 36.3. The standard InChI is InChI=1S/C38H28Cl2O4S.C6H6O/c39-31-15-21-37(43-25-27-7-3-1-4-8-27)35(23-31)29-11-17-33(18-12-29)45(41,42)34-19-13-30(14-20-34)36-24-32(40)16-22-38(36)44-26-28-9-5-2-6-10-28;7-6-4-2-1-3-5-6/h1-24H,25-26H2;1-5,7H. The van der Waals surface area contributed by atoms with Gasteiger partial charge in [-0.05, 0) is 95.1 Å². The van der Waals surface area contributed by atoms with E-state index < -0.39 is 9.84 Å². The van der Waals surface area contributed by atoms with Crippen molar-refractivity contribution in [3.8, 4) is 39.5 Å². The highest BCUT2D eigenvalue weighted by molar-refractivity contribution is 7.91. The quantitative estimate of drug-likeness (QED) is 0.151. The van der Waals surface area contributed by atoms with Crippen LogP contribution in [0.2, 0.25) is 10.0 Å². The van der Waals surface area contributed by atoms with Gasteiger partial charge in [-0.1, -0.05) is 126 Å². The van der Waals surface area contributed by atoms with Crippen LogP contribution in [0.1, 0.15) is 11.1 Å². The number of hydrogen-bond donors (Lipinski definition) is 1. The molecule has 0 fully saturated rings. The van der Waals surface area contributed by atoms with Gasteiger partial charge in [0.2, 0.25) is 9.84 Å². The molecule has 260 valence electrons. The van der Waals surface area contributed by atoms with E-state index in [0.717, 1.165) is 33.4 Å². The zero-order valence-corrected chi connectivity index (χ0v) is 30.2. The monoisotopic (exact) mass is 744 g/mol. The predicted octanol–water partition coefficient (Wildman–Crippen LogP) is 11.7. The molecule has 5 nitrogen and oxygen atoms in total. The van der Waals surface area contributed by atoms with Crippen LogP contribution in [-0.2, 0) is 23.1 Å². The van der Waals surface area contributed by atoms with Crippen LogP contribution in [0.5, 0.6) is 17.2 Å². The summed E-state index contributed by atoms with van der Waals surface area (Å²) in [6, 6.07) is 52.8. The topological polar surface area (TPSA) is 72.8 Å². The molecule has 52 heavy (non-hydrogen) atoms. The van der Waals surface area contributed by atoms with Gasteiger partial charge in [-0.2, -0.15) is 0 Å². The van der Waals surface area contributed by atoms with Crippen molar-refractivity contribution in [2.45, 2.75) is 23.0 Å². The summed E-state index contributed by atoms with van der Waals surface area (Å²) >= 11 is 12.6. The molecule has 8 heteroatoms. The Morgan fingerprint density at radius 3 is 1.17 bits per heavy atom. The van der Waals surface area contributed by atoms with Crippen molar-refractivity contribution < 1.29 is 23.0 Å². The number of benzene rings is 7. The lowest BCUT2D eigenvalue weighted by Crippen LogP contribution is -2.02. The van der Waals surface area contributed by atoms with E-state index in [2.05, 4.69) is 0 Å². The maximum Gasteiger partial charge on any atom is 0.206 e. The van der Waals surface area contributed by atoms with Crippen LogP contribution in [0.4, 0.5) is 0 Å². The molecule has 0 saturated heterocycles. The maximum atomic E-state index is 13.6. The fraction of sp³-hybridized carbons (Fsp3) is 0.0455. The molecule has 7 rings (SSSR count). The van der Waals surface area contributed by atoms with Gasteiger partial charge < -0.3 is 14.6 Å². The van der Waals surface area contributed by atoms with Gasteiger partial charge in [0, 0.05) is 21.2 Å². The number of aromatic hydroxyl groups is 1. The van der Waals surface area contributed by atoms with Gasteiger partial charge >= 0.3 is 0 Å². The highest BCUT2D eigenvalue weighted by Gasteiger charge is 2.19. The number of rotatable bonds is 10. The predicted molar refractivity (Wildman–Crippen MR) is 209 cm³/mol. The Morgan fingerprint density at radius 1 is 0.462 bits per heavy atom. The smallest absolute Gasteiger partial charge is 0.206 e. The third-order valence-electron chi connectivity index (χ3n) is 8.06. The molecular weight excluding hydrogens is 711 g/mol. The molecule has 0 aliphatic rings. The van der Waals surface area contributed by atoms with E-state index in [0.29, 0.717) is 40.5 Å². The van der Waals surface area contributed by atoms with Gasteiger partial charge in [-0.25, -0.2) is 8.42 Å². The Balaban J connectivity index is 0.000000594. The van der Waals surface area contributed by atoms with E-state index in [1.54, 1.807) is 84.9 Å². The minimum absolute atomic E-state index is 0.183. The lowest BCUT2D eigenvalue weighted by molar-refractivity contribution is 0.307. The molecule has 0 unspecified atom stereocenters. The van der Waals surface area contributed by atoms with Gasteiger partial charge in [0.1, 0.15) is 30.5 Å². The summed E-state index contributed by atoms with van der Waals surface area (Å²) in [5, 5.41) is 9.75. The lowest BCUT2D eigenvalue weighted by atomic mass is 10.0. The molecule has 0 aliphatic carbocycles. The van der Waals surface area contributed by atoms with Crippen LogP contribution in [-0.4, -0.2) is 13.5 Å². The minimum atomic E-state index is -3.78. The van der Waals surface area contributed by atoms with Gasteiger partial charge in [-0.3, -0.25) is 0 Å². The van der Waals surface area contributed by atoms with Gasteiger partial charge in [0.15, 0.2) is 0 Å². The first-order valence-corrected chi connectivity index (χ1v) is 18.6. The minimum Gasteiger partial charge on any atom is -0.508 e. The van der Waals surface area contributed by atoms with Crippen molar-refractivity contribution in [1.29, 1.82) is 0 Å². The second kappa shape index (κ2) is 17.1. The normalized spacial score (nSPS) is 10.9. The van der Waals surface area contributed by atoms with Crippen LogP contribution in [0.3, 0.4) is 0 Å². The number of phenols is 1. The van der Waals surface area contributed by atoms with Crippen LogP contribution in [0, 0.1) is 0 Å². The Kier molecular flexibility index (Phi) is 11.9. The van der Waals surface area contributed by atoms with E-state index in [4.69, 9.17) is 37.8 Å². The van der Waals surface area contributed by atoms with E-state index >= 15 is 0 Å². The van der Waals surface area contributed by atoms with Crippen molar-refractivity contribution in [2.75, 3.05) is 0 Å². The molecule has 1 N–H and O–H groups in total. The largest absolute Gasteiger partial charge is 0.508 e. The number of sulfone groups is 1. The number of hydrogen-bond acceptors (Lipinski definition) is 5. The fourth-order valence-electron chi connectivity index (χ4n) is 5.37. The van der Waals surface area contributed by atoms with Gasteiger partial charge in [0.05, 0.1) is 9.79 Å². The first kappa shape index (κ1) is 36.3. The highest BCUT2D eigenvalue weighted by atomic mass is 35.5. The molecule has 0 heterocycles. The highest BCUT2D eigenvalue weighted by Crippen LogP contribution is 2.36. The average molecular weight is 746 g/mol. The van der Waals surface area contributed by atoms with Crippen molar-refractivity contribution in [1.82, 2.24) is 0 Å². The molecule has 0 aromatic heterocycles. The average Bonchev–Trinajstić information content (AvgIpc) is 3.18. The second-order valence-electron chi connectivity index (χ2n) is 11.7. The molecule has 0 radical (unpaired) electrons. The van der Waals surface area contributed by atoms with Gasteiger partial charge in [-0.15, -0.1) is 0 Å². The van der Waals surface area contributed by atoms with Crippen molar-refractivity contribution in [3.63, 3.8) is 0 Å². The van der Waals surface area contributed by atoms with Crippen molar-refractivity contribution in [2.24, 2.45) is 0 Å². The summed E-state index contributed by atoms with van der Waals surface area (Å²) in [5.41, 5.74) is 5.21. The molecule has 0 saturated carbocycles. The Hall–Kier alpha value is -5.53. The Bertz CT molecular complexity index is 2170. The molecule has 7 aromatic rings. The zero-order valence-electron chi connectivity index (χ0n) is 27.9. The van der Waals surface area contributed by atoms with Gasteiger partial charge in [0.25, 0.3) is 0 Å². The molecule has 7 aromatic carbocycles. The molecule has 0 spiro atoms. The number of halogens is 2. The maximum absolute atomic E-state index is 13.6. The Morgan fingerprint density at radius 2 is 0.827 bits per heavy atom. The van der Waals surface area contributed by atoms with Crippen LogP contribution in [0.25, 0.3) is 22.3 Å². The fourth-order valence-corrected chi connectivity index (χ4v) is 6.97. The lowest BCUT2D eigenvalue weighted by Gasteiger charge is -2.14. The second-order valence-corrected chi connectivity index (χ2v) is 14.5. The first-order chi connectivity index (χ1) is 25.3. The van der Waals surface area contributed by atoms with E-state index in [-0.39, 0.29) is 9.79 Å². The SMILES string of the molecule is O=S(=O)(c1ccc(-c2cc(Cl)ccc2OCc2ccccc2)cc1)c1ccc(-c2cc(Cl)ccc2OCc2ccccc2)cc1.Oc1ccccc1. The van der Waals surface area contributed by atoms with E-state index in [1.165, 1.54) is 0 Å². The van der Waals surface area contributed by atoms with Crippen LogP contribution < -0.4 is 9.47 Å². The summed E-state index contributed by atoms with van der Waals surface area (Å²) in [5.74, 6) is 1.63. The van der Waals surface area contributed by atoms with Crippen molar-refractivity contribution >= 4 is 33.0 Å². The summed E-state index contributed by atoms with van der Waals surface area (Å²) in [6.45, 7) is 0.793. The number of ether oxygens (including phenoxy) is 2. The first-order valence-electron chi connectivity index (χ1n) is 16.4. The van der Waals surface area contributed by atoms with Crippen molar-refractivity contribution in [3.05, 3.63) is 197 Å². The van der Waals surface area contributed by atoms with E-state index in [1.807, 2.05) is 91.0 Å². The molecule has 0 aliphatic heterocycles. The van der Waals surface area contributed by atoms with E-state index in [9.17, 15) is 8.42 Å².